The van der Waals surface area contributed by atoms with Crippen LogP contribution in [0.5, 0.6) is 0 Å². The smallest absolute Gasteiger partial charge is 0.137 e. The predicted octanol–water partition coefficient (Wildman–Crippen LogP) is 12.9. The normalized spacial score (nSPS) is 13.4. The van der Waals surface area contributed by atoms with Gasteiger partial charge in [-0.25, -0.2) is 0 Å². The molecular formula is C45H31NO2. The largest absolute Gasteiger partial charge is 0.456 e. The molecule has 2 aromatic heterocycles. The van der Waals surface area contributed by atoms with E-state index in [-0.39, 0.29) is 5.41 Å². The highest BCUT2D eigenvalue weighted by Gasteiger charge is 2.35. The van der Waals surface area contributed by atoms with Crippen LogP contribution in [0.1, 0.15) is 25.0 Å². The van der Waals surface area contributed by atoms with Crippen LogP contribution in [0.2, 0.25) is 0 Å². The Labute approximate surface area is 278 Å². The molecule has 9 aromatic rings. The van der Waals surface area contributed by atoms with Crippen molar-refractivity contribution in [1.29, 1.82) is 0 Å². The summed E-state index contributed by atoms with van der Waals surface area (Å²) in [5.74, 6) is 0. The van der Waals surface area contributed by atoms with Gasteiger partial charge in [-0.1, -0.05) is 98.8 Å². The third-order valence-corrected chi connectivity index (χ3v) is 10.3. The first-order valence-electron chi connectivity index (χ1n) is 16.5. The summed E-state index contributed by atoms with van der Waals surface area (Å²) in [5.41, 5.74) is 14.3. The van der Waals surface area contributed by atoms with Gasteiger partial charge in [-0.05, 0) is 94.0 Å². The predicted molar refractivity (Wildman–Crippen MR) is 199 cm³/mol. The number of hydrogen-bond donors (Lipinski definition) is 0. The van der Waals surface area contributed by atoms with E-state index in [2.05, 4.69) is 164 Å². The minimum atomic E-state index is -0.0874. The monoisotopic (exact) mass is 617 g/mol. The Hall–Kier alpha value is -6.06. The van der Waals surface area contributed by atoms with E-state index in [0.717, 1.165) is 60.9 Å². The van der Waals surface area contributed by atoms with E-state index in [4.69, 9.17) is 8.83 Å². The van der Waals surface area contributed by atoms with Gasteiger partial charge in [-0.15, -0.1) is 0 Å². The van der Waals surface area contributed by atoms with Crippen molar-refractivity contribution < 1.29 is 8.83 Å². The highest BCUT2D eigenvalue weighted by molar-refractivity contribution is 6.15. The van der Waals surface area contributed by atoms with Gasteiger partial charge in [0.15, 0.2) is 0 Å². The molecule has 0 unspecified atom stereocenters. The summed E-state index contributed by atoms with van der Waals surface area (Å²) in [4.78, 5) is 2.33. The summed E-state index contributed by atoms with van der Waals surface area (Å²) < 4.78 is 13.0. The molecule has 0 spiro atoms. The van der Waals surface area contributed by atoms with Crippen molar-refractivity contribution in [2.24, 2.45) is 0 Å². The number of furan rings is 2. The number of hydrogen-bond acceptors (Lipinski definition) is 3. The molecule has 0 fully saturated rings. The average molecular weight is 618 g/mol. The Morgan fingerprint density at radius 1 is 0.396 bits per heavy atom. The lowest BCUT2D eigenvalue weighted by atomic mass is 9.82. The molecule has 0 N–H and O–H groups in total. The van der Waals surface area contributed by atoms with Crippen molar-refractivity contribution in [2.45, 2.75) is 19.3 Å². The third-order valence-electron chi connectivity index (χ3n) is 10.3. The van der Waals surface area contributed by atoms with E-state index >= 15 is 0 Å². The van der Waals surface area contributed by atoms with Gasteiger partial charge in [-0.3, -0.25) is 0 Å². The van der Waals surface area contributed by atoms with Crippen LogP contribution < -0.4 is 4.90 Å². The summed E-state index contributed by atoms with van der Waals surface area (Å²) in [5, 5.41) is 4.27. The highest BCUT2D eigenvalue weighted by atomic mass is 16.3. The van der Waals surface area contributed by atoms with Crippen LogP contribution in [-0.2, 0) is 5.41 Å². The second-order valence-electron chi connectivity index (χ2n) is 13.4. The maximum absolute atomic E-state index is 6.64. The molecule has 1 aliphatic carbocycles. The standard InChI is InChI=1S/C45H31NO2/c1-45(2)39-16-10-9-15-33(39)34-20-18-31(24-40(34)45)46(30-13-7-4-8-14-30)32-19-21-35-37-26-44-38(27-43(37)48-42(35)25-32)36-23-29(17-22-41(36)47-44)28-11-5-3-6-12-28/h3-27H,1-2H3. The van der Waals surface area contributed by atoms with Crippen LogP contribution in [0.25, 0.3) is 66.1 Å². The molecule has 0 aliphatic heterocycles. The van der Waals surface area contributed by atoms with Crippen molar-refractivity contribution in [1.82, 2.24) is 0 Å². The summed E-state index contributed by atoms with van der Waals surface area (Å²) >= 11 is 0. The first-order chi connectivity index (χ1) is 23.5. The first-order valence-corrected chi connectivity index (χ1v) is 16.5. The van der Waals surface area contributed by atoms with Gasteiger partial charge < -0.3 is 13.7 Å². The van der Waals surface area contributed by atoms with Gasteiger partial charge in [0.25, 0.3) is 0 Å². The summed E-state index contributed by atoms with van der Waals surface area (Å²) in [6.07, 6.45) is 0. The number of benzene rings is 7. The fourth-order valence-corrected chi connectivity index (χ4v) is 7.84. The van der Waals surface area contributed by atoms with Crippen LogP contribution in [0.15, 0.2) is 160 Å². The fraction of sp³-hybridized carbons (Fsp3) is 0.0667. The number of para-hydroxylation sites is 1. The van der Waals surface area contributed by atoms with E-state index in [0.29, 0.717) is 0 Å². The lowest BCUT2D eigenvalue weighted by Gasteiger charge is -2.28. The topological polar surface area (TPSA) is 29.5 Å². The SMILES string of the molecule is CC1(C)c2ccccc2-c2ccc(N(c3ccccc3)c3ccc4c(c3)oc3cc5c(cc34)oc3ccc(-c4ccccc4)cc35)cc21. The zero-order chi connectivity index (χ0) is 32.0. The number of nitrogens with zero attached hydrogens (tertiary/aromatic N) is 1. The van der Waals surface area contributed by atoms with E-state index in [9.17, 15) is 0 Å². The Kier molecular flexibility index (Phi) is 5.63. The van der Waals surface area contributed by atoms with Crippen LogP contribution in [0.3, 0.4) is 0 Å². The summed E-state index contributed by atoms with van der Waals surface area (Å²) in [6, 6.07) is 54.0. The van der Waals surface area contributed by atoms with Crippen molar-refractivity contribution in [3.63, 3.8) is 0 Å². The van der Waals surface area contributed by atoms with E-state index < -0.39 is 0 Å². The lowest BCUT2D eigenvalue weighted by molar-refractivity contribution is 0.660. The number of fused-ring (bicyclic) bond motifs is 9. The minimum absolute atomic E-state index is 0.0874. The van der Waals surface area contributed by atoms with Crippen molar-refractivity contribution >= 4 is 60.9 Å². The number of anilines is 3. The maximum atomic E-state index is 6.64. The molecule has 228 valence electrons. The van der Waals surface area contributed by atoms with E-state index in [1.807, 2.05) is 6.07 Å². The third kappa shape index (κ3) is 3.94. The molecule has 3 nitrogen and oxygen atoms in total. The second kappa shape index (κ2) is 9.97. The van der Waals surface area contributed by atoms with Crippen LogP contribution in [0.4, 0.5) is 17.1 Å². The number of rotatable bonds is 4. The van der Waals surface area contributed by atoms with Crippen molar-refractivity contribution in [3.8, 4) is 22.3 Å². The van der Waals surface area contributed by atoms with E-state index in [1.54, 1.807) is 0 Å². The van der Waals surface area contributed by atoms with Crippen LogP contribution >= 0.6 is 0 Å². The average Bonchev–Trinajstić information content (AvgIpc) is 3.74. The second-order valence-corrected chi connectivity index (χ2v) is 13.4. The minimum Gasteiger partial charge on any atom is -0.456 e. The van der Waals surface area contributed by atoms with Gasteiger partial charge in [0, 0.05) is 50.1 Å². The Bertz CT molecular complexity index is 2700. The molecule has 0 saturated heterocycles. The molecule has 0 bridgehead atoms. The van der Waals surface area contributed by atoms with Crippen LogP contribution in [-0.4, -0.2) is 0 Å². The molecule has 0 amide bonds. The molecule has 0 radical (unpaired) electrons. The first kappa shape index (κ1) is 27.1. The molecule has 2 heterocycles. The molecule has 0 atom stereocenters. The van der Waals surface area contributed by atoms with E-state index in [1.165, 1.54) is 33.4 Å². The van der Waals surface area contributed by atoms with Gasteiger partial charge >= 0.3 is 0 Å². The maximum Gasteiger partial charge on any atom is 0.137 e. The van der Waals surface area contributed by atoms with Crippen LogP contribution in [0, 0.1) is 0 Å². The zero-order valence-corrected chi connectivity index (χ0v) is 26.7. The van der Waals surface area contributed by atoms with Gasteiger partial charge in [0.05, 0.1) is 0 Å². The highest BCUT2D eigenvalue weighted by Crippen LogP contribution is 2.51. The molecule has 3 heteroatoms. The molecular weight excluding hydrogens is 587 g/mol. The molecule has 1 aliphatic rings. The Morgan fingerprint density at radius 2 is 1.00 bits per heavy atom. The van der Waals surface area contributed by atoms with Crippen molar-refractivity contribution in [2.75, 3.05) is 4.90 Å². The fourth-order valence-electron chi connectivity index (χ4n) is 7.84. The molecule has 7 aromatic carbocycles. The zero-order valence-electron chi connectivity index (χ0n) is 26.7. The Morgan fingerprint density at radius 3 is 1.81 bits per heavy atom. The Balaban J connectivity index is 1.11. The van der Waals surface area contributed by atoms with Gasteiger partial charge in [0.2, 0.25) is 0 Å². The van der Waals surface area contributed by atoms with Gasteiger partial charge in [-0.2, -0.15) is 0 Å². The van der Waals surface area contributed by atoms with Crippen molar-refractivity contribution in [3.05, 3.63) is 163 Å². The molecule has 48 heavy (non-hydrogen) atoms. The molecule has 0 saturated carbocycles. The molecule has 10 rings (SSSR count). The lowest BCUT2D eigenvalue weighted by Crippen LogP contribution is -2.16. The van der Waals surface area contributed by atoms with Gasteiger partial charge in [0.1, 0.15) is 22.3 Å². The summed E-state index contributed by atoms with van der Waals surface area (Å²) in [6.45, 7) is 4.66. The summed E-state index contributed by atoms with van der Waals surface area (Å²) in [7, 11) is 0. The quantitative estimate of drug-likeness (QED) is 0.197.